The van der Waals surface area contributed by atoms with Crippen LogP contribution in [0.25, 0.3) is 0 Å². The smallest absolute Gasteiger partial charge is 0.308 e. The summed E-state index contributed by atoms with van der Waals surface area (Å²) in [7, 11) is -3.53. The molecule has 1 N–H and O–H groups in total. The fraction of sp³-hybridized carbons (Fsp3) is 0.818. The molecule has 1 rings (SSSR count). The van der Waals surface area contributed by atoms with E-state index >= 15 is 0 Å². The van der Waals surface area contributed by atoms with Gasteiger partial charge in [-0.15, -0.1) is 0 Å². The molecule has 104 valence electrons. The van der Waals surface area contributed by atoms with Crippen molar-refractivity contribution in [2.45, 2.75) is 31.4 Å². The lowest BCUT2D eigenvalue weighted by Crippen LogP contribution is -2.53. The van der Waals surface area contributed by atoms with Crippen LogP contribution in [0.2, 0.25) is 0 Å². The summed E-state index contributed by atoms with van der Waals surface area (Å²) >= 11 is 0. The Bertz CT molecular complexity index is 454. The minimum Gasteiger partial charge on any atom is -0.481 e. The summed E-state index contributed by atoms with van der Waals surface area (Å²) in [6.07, 6.45) is 2.13. The zero-order valence-electron chi connectivity index (χ0n) is 10.8. The van der Waals surface area contributed by atoms with E-state index in [4.69, 9.17) is 5.11 Å². The molecule has 0 aromatic rings. The summed E-state index contributed by atoms with van der Waals surface area (Å²) < 4.78 is 21.7. The van der Waals surface area contributed by atoms with Crippen LogP contribution in [0.5, 0.6) is 0 Å². The molecule has 1 aliphatic rings. The predicted molar refractivity (Wildman–Crippen MR) is 65.9 cm³/mol. The molecular weight excluding hydrogens is 258 g/mol. The highest BCUT2D eigenvalue weighted by atomic mass is 32.2. The van der Waals surface area contributed by atoms with E-state index in [9.17, 15) is 18.0 Å². The molecule has 1 amide bonds. The maximum atomic E-state index is 12.2. The van der Waals surface area contributed by atoms with Crippen LogP contribution in [0, 0.1) is 5.92 Å². The molecule has 1 aliphatic heterocycles. The third-order valence-corrected chi connectivity index (χ3v) is 5.53. The Labute approximate surface area is 107 Å². The SMILES string of the molecule is CC(C)(C(=O)N1CCCC(C(=O)O)C1)S(C)(=O)=O. The molecule has 0 radical (unpaired) electrons. The molecule has 1 fully saturated rings. The van der Waals surface area contributed by atoms with Crippen LogP contribution >= 0.6 is 0 Å². The summed E-state index contributed by atoms with van der Waals surface area (Å²) in [6, 6.07) is 0. The summed E-state index contributed by atoms with van der Waals surface area (Å²) in [5, 5.41) is 8.94. The van der Waals surface area contributed by atoms with Crippen LogP contribution in [0.4, 0.5) is 0 Å². The van der Waals surface area contributed by atoms with Crippen LogP contribution < -0.4 is 0 Å². The number of carbonyl (C=O) groups is 2. The Balaban J connectivity index is 2.88. The zero-order valence-corrected chi connectivity index (χ0v) is 11.7. The molecular formula is C11H19NO5S. The average molecular weight is 277 g/mol. The molecule has 0 spiro atoms. The van der Waals surface area contributed by atoms with Crippen LogP contribution in [-0.4, -0.2) is 54.4 Å². The van der Waals surface area contributed by atoms with Gasteiger partial charge in [-0.3, -0.25) is 9.59 Å². The van der Waals surface area contributed by atoms with Crippen molar-refractivity contribution in [3.8, 4) is 0 Å². The average Bonchev–Trinajstić information content (AvgIpc) is 2.26. The number of sulfone groups is 1. The van der Waals surface area contributed by atoms with E-state index in [1.165, 1.54) is 18.7 Å². The van der Waals surface area contributed by atoms with Crippen molar-refractivity contribution >= 4 is 21.7 Å². The number of nitrogens with zero attached hydrogens (tertiary/aromatic N) is 1. The van der Waals surface area contributed by atoms with Gasteiger partial charge in [-0.2, -0.15) is 0 Å². The largest absolute Gasteiger partial charge is 0.481 e. The van der Waals surface area contributed by atoms with Gasteiger partial charge in [0, 0.05) is 19.3 Å². The van der Waals surface area contributed by atoms with Gasteiger partial charge in [-0.1, -0.05) is 0 Å². The van der Waals surface area contributed by atoms with E-state index in [2.05, 4.69) is 0 Å². The monoisotopic (exact) mass is 277 g/mol. The van der Waals surface area contributed by atoms with Gasteiger partial charge >= 0.3 is 5.97 Å². The fourth-order valence-corrected chi connectivity index (χ4v) is 2.35. The summed E-state index contributed by atoms with van der Waals surface area (Å²) in [5.41, 5.74) is 0. The van der Waals surface area contributed by atoms with Crippen molar-refractivity contribution in [3.05, 3.63) is 0 Å². The second kappa shape index (κ2) is 4.87. The predicted octanol–water partition coefficient (Wildman–Crippen LogP) is 0.133. The van der Waals surface area contributed by atoms with Gasteiger partial charge in [-0.05, 0) is 26.7 Å². The minimum absolute atomic E-state index is 0.0904. The molecule has 1 atom stereocenters. The van der Waals surface area contributed by atoms with Gasteiger partial charge in [0.05, 0.1) is 5.92 Å². The lowest BCUT2D eigenvalue weighted by Gasteiger charge is -2.35. The first-order valence-corrected chi connectivity index (χ1v) is 7.68. The maximum Gasteiger partial charge on any atom is 0.308 e. The number of piperidine rings is 1. The van der Waals surface area contributed by atoms with E-state index in [0.29, 0.717) is 19.4 Å². The van der Waals surface area contributed by atoms with Crippen molar-refractivity contribution in [3.63, 3.8) is 0 Å². The number of carboxylic acid groups (broad SMARTS) is 1. The number of rotatable bonds is 3. The fourth-order valence-electron chi connectivity index (χ4n) is 1.90. The van der Waals surface area contributed by atoms with Gasteiger partial charge < -0.3 is 10.0 Å². The molecule has 0 aliphatic carbocycles. The zero-order chi connectivity index (χ0) is 14.1. The lowest BCUT2D eigenvalue weighted by atomic mass is 9.97. The summed E-state index contributed by atoms with van der Waals surface area (Å²) in [5.74, 6) is -2.06. The molecule has 18 heavy (non-hydrogen) atoms. The van der Waals surface area contributed by atoms with Crippen LogP contribution in [0.3, 0.4) is 0 Å². The van der Waals surface area contributed by atoms with Crippen LogP contribution in [0.15, 0.2) is 0 Å². The number of amides is 1. The quantitative estimate of drug-likeness (QED) is 0.792. The van der Waals surface area contributed by atoms with Crippen molar-refractivity contribution in [2.24, 2.45) is 5.92 Å². The Kier molecular flexibility index (Phi) is 4.05. The second-order valence-corrected chi connectivity index (χ2v) is 7.78. The van der Waals surface area contributed by atoms with Crippen molar-refractivity contribution in [1.82, 2.24) is 4.90 Å². The highest BCUT2D eigenvalue weighted by Gasteiger charge is 2.43. The number of hydrogen-bond donors (Lipinski definition) is 1. The highest BCUT2D eigenvalue weighted by molar-refractivity contribution is 7.92. The summed E-state index contributed by atoms with van der Waals surface area (Å²) in [4.78, 5) is 24.5. The standard InChI is InChI=1S/C11H19NO5S/c1-11(2,18(3,16)17)10(15)12-6-4-5-8(7-12)9(13)14/h8H,4-7H2,1-3H3,(H,13,14). The van der Waals surface area contributed by atoms with Crippen LogP contribution in [0.1, 0.15) is 26.7 Å². The van der Waals surface area contributed by atoms with Crippen LogP contribution in [-0.2, 0) is 19.4 Å². The van der Waals surface area contributed by atoms with Crippen molar-refractivity contribution in [2.75, 3.05) is 19.3 Å². The number of carbonyl (C=O) groups excluding carboxylic acids is 1. The Hall–Kier alpha value is -1.11. The number of likely N-dealkylation sites (tertiary alicyclic amines) is 1. The first-order chi connectivity index (χ1) is 8.07. The van der Waals surface area contributed by atoms with Crippen molar-refractivity contribution < 1.29 is 23.1 Å². The Morgan fingerprint density at radius 2 is 1.89 bits per heavy atom. The molecule has 1 saturated heterocycles. The molecule has 6 nitrogen and oxygen atoms in total. The Morgan fingerprint density at radius 3 is 2.33 bits per heavy atom. The molecule has 1 heterocycles. The first kappa shape index (κ1) is 14.9. The molecule has 1 unspecified atom stereocenters. The van der Waals surface area contributed by atoms with E-state index in [-0.39, 0.29) is 6.54 Å². The normalized spacial score (nSPS) is 21.7. The molecule has 0 aromatic carbocycles. The van der Waals surface area contributed by atoms with E-state index < -0.39 is 32.4 Å². The van der Waals surface area contributed by atoms with E-state index in [0.717, 1.165) is 6.26 Å². The Morgan fingerprint density at radius 1 is 1.33 bits per heavy atom. The third kappa shape index (κ3) is 2.82. The molecule has 7 heteroatoms. The van der Waals surface area contributed by atoms with Gasteiger partial charge in [0.15, 0.2) is 9.84 Å². The maximum absolute atomic E-state index is 12.2. The molecule has 0 bridgehead atoms. The van der Waals surface area contributed by atoms with Gasteiger partial charge in [-0.25, -0.2) is 8.42 Å². The summed E-state index contributed by atoms with van der Waals surface area (Å²) in [6.45, 7) is 3.22. The lowest BCUT2D eigenvalue weighted by molar-refractivity contribution is -0.146. The van der Waals surface area contributed by atoms with E-state index in [1.54, 1.807) is 0 Å². The minimum atomic E-state index is -3.53. The number of hydrogen-bond acceptors (Lipinski definition) is 4. The van der Waals surface area contributed by atoms with Crippen molar-refractivity contribution in [1.29, 1.82) is 0 Å². The molecule has 0 aromatic heterocycles. The number of carboxylic acids is 1. The number of aliphatic carboxylic acids is 1. The molecule has 0 saturated carbocycles. The van der Waals surface area contributed by atoms with Gasteiger partial charge in [0.2, 0.25) is 5.91 Å². The second-order valence-electron chi connectivity index (χ2n) is 5.21. The van der Waals surface area contributed by atoms with E-state index in [1.807, 2.05) is 0 Å². The first-order valence-electron chi connectivity index (χ1n) is 5.79. The highest BCUT2D eigenvalue weighted by Crippen LogP contribution is 2.23. The topological polar surface area (TPSA) is 91.8 Å². The third-order valence-electron chi connectivity index (χ3n) is 3.50. The van der Waals surface area contributed by atoms with Gasteiger partial charge in [0.25, 0.3) is 0 Å². The van der Waals surface area contributed by atoms with Gasteiger partial charge in [0.1, 0.15) is 4.75 Å².